The maximum absolute atomic E-state index is 12.0. The van der Waals surface area contributed by atoms with E-state index < -0.39 is 0 Å². The Morgan fingerprint density at radius 1 is 1.50 bits per heavy atom. The summed E-state index contributed by atoms with van der Waals surface area (Å²) in [5.41, 5.74) is 1.48. The average molecular weight is 267 g/mol. The van der Waals surface area contributed by atoms with Crippen LogP contribution in [0.15, 0.2) is 30.6 Å². The Morgan fingerprint density at radius 2 is 2.33 bits per heavy atom. The van der Waals surface area contributed by atoms with E-state index in [2.05, 4.69) is 15.7 Å². The summed E-state index contributed by atoms with van der Waals surface area (Å²) in [6.45, 7) is 2.72. The number of halogens is 1. The minimum Gasteiger partial charge on any atom is -0.352 e. The van der Waals surface area contributed by atoms with Crippen molar-refractivity contribution in [3.05, 3.63) is 36.2 Å². The molecule has 0 unspecified atom stereocenters. The second kappa shape index (κ2) is 5.37. The number of fused-ring (bicyclic) bond motifs is 1. The van der Waals surface area contributed by atoms with E-state index in [1.165, 1.54) is 0 Å². The predicted octanol–water partition coefficient (Wildman–Crippen LogP) is 0.705. The highest BCUT2D eigenvalue weighted by Gasteiger charge is 2.18. The van der Waals surface area contributed by atoms with Crippen LogP contribution >= 0.6 is 12.4 Å². The van der Waals surface area contributed by atoms with Crippen molar-refractivity contribution in [1.29, 1.82) is 0 Å². The molecule has 0 radical (unpaired) electrons. The van der Waals surface area contributed by atoms with Gasteiger partial charge in [-0.15, -0.1) is 12.4 Å². The third-order valence-electron chi connectivity index (χ3n) is 3.09. The average Bonchev–Trinajstić information content (AvgIpc) is 2.70. The molecule has 3 rings (SSSR count). The van der Waals surface area contributed by atoms with Gasteiger partial charge < -0.3 is 10.6 Å². The molecule has 1 aliphatic rings. The Kier molecular flexibility index (Phi) is 3.84. The molecule has 2 aromatic rings. The molecule has 1 fully saturated rings. The standard InChI is InChI=1S/C12H14N4O.ClH/c17-12(14-7-9-5-13-6-9)10-8-15-16-4-2-1-3-11(10)16;/h1-4,8-9,13H,5-7H2,(H,14,17);1H. The Bertz CT molecular complexity index is 550. The van der Waals surface area contributed by atoms with Gasteiger partial charge in [0.05, 0.1) is 17.3 Å². The number of rotatable bonds is 3. The number of pyridine rings is 1. The number of nitrogens with zero attached hydrogens (tertiary/aromatic N) is 2. The summed E-state index contributed by atoms with van der Waals surface area (Å²) < 4.78 is 1.71. The summed E-state index contributed by atoms with van der Waals surface area (Å²) >= 11 is 0. The van der Waals surface area contributed by atoms with Crippen LogP contribution < -0.4 is 10.6 Å². The van der Waals surface area contributed by atoms with E-state index in [9.17, 15) is 4.79 Å². The number of hydrogen-bond acceptors (Lipinski definition) is 3. The number of carbonyl (C=O) groups is 1. The molecule has 2 N–H and O–H groups in total. The van der Waals surface area contributed by atoms with Gasteiger partial charge in [-0.05, 0) is 12.1 Å². The number of aromatic nitrogens is 2. The molecule has 96 valence electrons. The zero-order chi connectivity index (χ0) is 11.7. The Balaban J connectivity index is 0.00000120. The summed E-state index contributed by atoms with van der Waals surface area (Å²) in [4.78, 5) is 12.0. The van der Waals surface area contributed by atoms with E-state index in [1.807, 2.05) is 24.4 Å². The molecule has 3 heterocycles. The second-order valence-electron chi connectivity index (χ2n) is 4.32. The van der Waals surface area contributed by atoms with Crippen molar-refractivity contribution in [2.75, 3.05) is 19.6 Å². The van der Waals surface area contributed by atoms with Gasteiger partial charge in [0.15, 0.2) is 0 Å². The van der Waals surface area contributed by atoms with E-state index in [4.69, 9.17) is 0 Å². The molecule has 6 heteroatoms. The fraction of sp³-hybridized carbons (Fsp3) is 0.333. The lowest BCUT2D eigenvalue weighted by molar-refractivity contribution is 0.0944. The monoisotopic (exact) mass is 266 g/mol. The maximum atomic E-state index is 12.0. The molecular weight excluding hydrogens is 252 g/mol. The Labute approximate surface area is 111 Å². The van der Waals surface area contributed by atoms with Crippen LogP contribution in [0.3, 0.4) is 0 Å². The van der Waals surface area contributed by atoms with Crippen LogP contribution in [0.1, 0.15) is 10.4 Å². The normalized spacial score (nSPS) is 14.9. The minimum absolute atomic E-state index is 0. The number of amides is 1. The largest absolute Gasteiger partial charge is 0.352 e. The molecule has 0 saturated carbocycles. The highest BCUT2D eigenvalue weighted by atomic mass is 35.5. The van der Waals surface area contributed by atoms with Crippen LogP contribution in [0.2, 0.25) is 0 Å². The molecule has 0 bridgehead atoms. The first-order valence-corrected chi connectivity index (χ1v) is 5.76. The van der Waals surface area contributed by atoms with E-state index >= 15 is 0 Å². The van der Waals surface area contributed by atoms with Gasteiger partial charge in [-0.1, -0.05) is 6.07 Å². The van der Waals surface area contributed by atoms with Crippen molar-refractivity contribution in [1.82, 2.24) is 20.2 Å². The van der Waals surface area contributed by atoms with Gasteiger partial charge in [-0.3, -0.25) is 4.79 Å². The van der Waals surface area contributed by atoms with Gasteiger partial charge in [0.1, 0.15) is 0 Å². The van der Waals surface area contributed by atoms with Gasteiger partial charge in [0, 0.05) is 31.7 Å². The molecule has 0 aliphatic carbocycles. The maximum Gasteiger partial charge on any atom is 0.255 e. The number of nitrogens with one attached hydrogen (secondary N) is 2. The van der Waals surface area contributed by atoms with Crippen molar-refractivity contribution in [3.63, 3.8) is 0 Å². The van der Waals surface area contributed by atoms with Crippen molar-refractivity contribution in [2.45, 2.75) is 0 Å². The lowest BCUT2D eigenvalue weighted by Crippen LogP contribution is -2.48. The van der Waals surface area contributed by atoms with Crippen molar-refractivity contribution in [2.24, 2.45) is 5.92 Å². The predicted molar refractivity (Wildman–Crippen MR) is 71.1 cm³/mol. The van der Waals surface area contributed by atoms with Crippen LogP contribution in [0.25, 0.3) is 5.52 Å². The number of hydrogen-bond donors (Lipinski definition) is 2. The van der Waals surface area contributed by atoms with Crippen LogP contribution in [-0.2, 0) is 0 Å². The third-order valence-corrected chi connectivity index (χ3v) is 3.09. The third kappa shape index (κ3) is 2.32. The van der Waals surface area contributed by atoms with Crippen LogP contribution in [0.4, 0.5) is 0 Å². The Hall–Kier alpha value is -1.59. The molecule has 1 amide bonds. The first-order chi connectivity index (χ1) is 8.34. The molecule has 18 heavy (non-hydrogen) atoms. The van der Waals surface area contributed by atoms with Gasteiger partial charge in [0.2, 0.25) is 0 Å². The van der Waals surface area contributed by atoms with Crippen molar-refractivity contribution < 1.29 is 4.79 Å². The highest BCUT2D eigenvalue weighted by molar-refractivity contribution is 6.00. The summed E-state index contributed by atoms with van der Waals surface area (Å²) in [5, 5.41) is 10.3. The summed E-state index contributed by atoms with van der Waals surface area (Å²) in [5.74, 6) is 0.527. The lowest BCUT2D eigenvalue weighted by atomic mass is 10.0. The SMILES string of the molecule is Cl.O=C(NCC1CNC1)c1cnn2ccccc12. The van der Waals surface area contributed by atoms with Crippen molar-refractivity contribution in [3.8, 4) is 0 Å². The van der Waals surface area contributed by atoms with Gasteiger partial charge in [0.25, 0.3) is 5.91 Å². The lowest BCUT2D eigenvalue weighted by Gasteiger charge is -2.26. The van der Waals surface area contributed by atoms with Gasteiger partial charge in [-0.25, -0.2) is 4.52 Å². The van der Waals surface area contributed by atoms with E-state index in [1.54, 1.807) is 10.7 Å². The number of carbonyl (C=O) groups excluding carboxylic acids is 1. The van der Waals surface area contributed by atoms with Crippen LogP contribution in [0.5, 0.6) is 0 Å². The molecule has 1 saturated heterocycles. The van der Waals surface area contributed by atoms with Crippen molar-refractivity contribution >= 4 is 23.8 Å². The van der Waals surface area contributed by atoms with E-state index in [-0.39, 0.29) is 18.3 Å². The first kappa shape index (κ1) is 12.9. The molecule has 5 nitrogen and oxygen atoms in total. The molecule has 0 aromatic carbocycles. The van der Waals surface area contributed by atoms with E-state index in [0.717, 1.165) is 25.2 Å². The molecule has 0 atom stereocenters. The molecule has 2 aromatic heterocycles. The van der Waals surface area contributed by atoms with Crippen LogP contribution in [-0.4, -0.2) is 35.2 Å². The van der Waals surface area contributed by atoms with Gasteiger partial charge >= 0.3 is 0 Å². The summed E-state index contributed by atoms with van der Waals surface area (Å²) in [7, 11) is 0. The summed E-state index contributed by atoms with van der Waals surface area (Å²) in [6, 6.07) is 5.69. The quantitative estimate of drug-likeness (QED) is 0.860. The molecule has 1 aliphatic heterocycles. The highest BCUT2D eigenvalue weighted by Crippen LogP contribution is 2.10. The van der Waals surface area contributed by atoms with Gasteiger partial charge in [-0.2, -0.15) is 5.10 Å². The zero-order valence-corrected chi connectivity index (χ0v) is 10.6. The zero-order valence-electron chi connectivity index (χ0n) is 9.80. The van der Waals surface area contributed by atoms with E-state index in [0.29, 0.717) is 11.5 Å². The fourth-order valence-electron chi connectivity index (χ4n) is 1.93. The smallest absolute Gasteiger partial charge is 0.255 e. The summed E-state index contributed by atoms with van der Waals surface area (Å²) in [6.07, 6.45) is 3.45. The first-order valence-electron chi connectivity index (χ1n) is 5.76. The molecule has 0 spiro atoms. The second-order valence-corrected chi connectivity index (χ2v) is 4.32. The minimum atomic E-state index is -0.0434. The topological polar surface area (TPSA) is 58.4 Å². The van der Waals surface area contributed by atoms with Crippen LogP contribution in [0, 0.1) is 5.92 Å². The Morgan fingerprint density at radius 3 is 3.06 bits per heavy atom. The fourth-order valence-corrected chi connectivity index (χ4v) is 1.93. The molecular formula is C12H15ClN4O.